The van der Waals surface area contributed by atoms with Crippen LogP contribution in [0.3, 0.4) is 0 Å². The molecule has 8 nitrogen and oxygen atoms in total. The van der Waals surface area contributed by atoms with E-state index in [1.165, 1.54) is 99.3 Å². The molecule has 0 bridgehead atoms. The van der Waals surface area contributed by atoms with Crippen molar-refractivity contribution in [3.63, 3.8) is 0 Å². The number of rotatable bonds is 13. The fourth-order valence-corrected chi connectivity index (χ4v) is 8.54. The molecule has 1 atom stereocenters. The van der Waals surface area contributed by atoms with Crippen LogP contribution in [0.5, 0.6) is 0 Å². The van der Waals surface area contributed by atoms with E-state index in [9.17, 15) is 9.59 Å². The first kappa shape index (κ1) is 34.8. The van der Waals surface area contributed by atoms with Gasteiger partial charge in [0, 0.05) is 48.9 Å². The molecule has 0 radical (unpaired) electrons. The summed E-state index contributed by atoms with van der Waals surface area (Å²) in [5.74, 6) is 0.834. The van der Waals surface area contributed by atoms with Gasteiger partial charge < -0.3 is 26.6 Å². The molecule has 2 heterocycles. The van der Waals surface area contributed by atoms with Crippen molar-refractivity contribution < 1.29 is 9.59 Å². The molecule has 52 heavy (non-hydrogen) atoms. The largest absolute Gasteiger partial charge is 0.376 e. The van der Waals surface area contributed by atoms with E-state index < -0.39 is 6.04 Å². The first-order valence-electron chi connectivity index (χ1n) is 19.9. The lowest BCUT2D eigenvalue weighted by Gasteiger charge is -2.25. The average molecular weight is 699 g/mol. The van der Waals surface area contributed by atoms with E-state index in [1.54, 1.807) is 0 Å². The number of dihydropyridines is 1. The van der Waals surface area contributed by atoms with Gasteiger partial charge in [0.25, 0.3) is 11.8 Å². The number of hydrogen-bond acceptors (Lipinski definition) is 6. The summed E-state index contributed by atoms with van der Waals surface area (Å²) in [5, 5.41) is 17.2. The molecular weight excluding hydrogens is 645 g/mol. The minimum Gasteiger partial charge on any atom is -0.376 e. The van der Waals surface area contributed by atoms with E-state index in [1.807, 2.05) is 43.5 Å². The number of nitrogens with zero attached hydrogens (tertiary/aromatic N) is 1. The lowest BCUT2D eigenvalue weighted by molar-refractivity contribution is -0.116. The van der Waals surface area contributed by atoms with Gasteiger partial charge in [0.2, 0.25) is 0 Å². The summed E-state index contributed by atoms with van der Waals surface area (Å²) in [6.07, 6.45) is 21.1. The highest BCUT2D eigenvalue weighted by Crippen LogP contribution is 2.43. The Morgan fingerprint density at radius 3 is 1.96 bits per heavy atom. The average Bonchev–Trinajstić information content (AvgIpc) is 4.08. The molecule has 2 aromatic carbocycles. The molecule has 5 N–H and O–H groups in total. The number of hydrogen-bond donors (Lipinski definition) is 5. The molecule has 5 aliphatic rings. The van der Waals surface area contributed by atoms with E-state index in [0.29, 0.717) is 29.6 Å². The standard InChI is InChI=1S/C44H54N6O2/c1-27-35(13-7-15-39(27)49-43(51)41-21-37(29-17-18-29)31(25-47-41)23-45-33-9-3-4-10-33)36-14-8-16-40(28(36)2)50-44(52)42-22-38(30-19-20-30)32(26-48-42)24-46-34-11-5-6-12-34/h7-8,13-16,21-22,25-26,29-30,33-34,41,45-47H,3-6,9-12,17-20,23-24H2,1-2H3,(H,49,51)(H,50,52). The van der Waals surface area contributed by atoms with Gasteiger partial charge in [-0.05, 0) is 146 Å². The zero-order valence-corrected chi connectivity index (χ0v) is 30.8. The third-order valence-corrected chi connectivity index (χ3v) is 12.1. The molecule has 4 fully saturated rings. The molecule has 3 aromatic rings. The highest BCUT2D eigenvalue weighted by atomic mass is 16.2. The van der Waals surface area contributed by atoms with Crippen molar-refractivity contribution in [3.05, 3.63) is 100 Å². The molecule has 272 valence electrons. The minimum atomic E-state index is -0.416. The van der Waals surface area contributed by atoms with Crippen LogP contribution >= 0.6 is 0 Å². The Hall–Kier alpha value is -4.27. The van der Waals surface area contributed by atoms with E-state index in [0.717, 1.165) is 46.7 Å². The van der Waals surface area contributed by atoms with Gasteiger partial charge in [0.1, 0.15) is 11.7 Å². The van der Waals surface area contributed by atoms with Crippen LogP contribution in [0.15, 0.2) is 72.1 Å². The fraction of sp³-hybridized carbons (Fsp3) is 0.477. The van der Waals surface area contributed by atoms with Gasteiger partial charge in [-0.25, -0.2) is 0 Å². The van der Waals surface area contributed by atoms with Crippen LogP contribution in [0.4, 0.5) is 11.4 Å². The van der Waals surface area contributed by atoms with Crippen LogP contribution in [-0.2, 0) is 11.3 Å². The normalized spacial score (nSPS) is 20.7. The lowest BCUT2D eigenvalue weighted by atomic mass is 9.94. The first-order valence-corrected chi connectivity index (χ1v) is 19.9. The van der Waals surface area contributed by atoms with Gasteiger partial charge in [-0.3, -0.25) is 14.6 Å². The number of nitrogens with one attached hydrogen (secondary N) is 5. The third-order valence-electron chi connectivity index (χ3n) is 12.1. The lowest BCUT2D eigenvalue weighted by Crippen LogP contribution is -2.40. The van der Waals surface area contributed by atoms with Gasteiger partial charge in [0.15, 0.2) is 0 Å². The summed E-state index contributed by atoms with van der Waals surface area (Å²) in [7, 11) is 0. The first-order chi connectivity index (χ1) is 25.4. The Kier molecular flexibility index (Phi) is 10.3. The second kappa shape index (κ2) is 15.4. The van der Waals surface area contributed by atoms with Crippen molar-refractivity contribution in [3.8, 4) is 11.1 Å². The van der Waals surface area contributed by atoms with E-state index in [2.05, 4.69) is 62.9 Å². The summed E-state index contributed by atoms with van der Waals surface area (Å²) in [6.45, 7) is 5.76. The molecule has 0 saturated heterocycles. The van der Waals surface area contributed by atoms with Gasteiger partial charge in [-0.2, -0.15) is 0 Å². The third kappa shape index (κ3) is 7.88. The van der Waals surface area contributed by atoms with Crippen LogP contribution in [-0.4, -0.2) is 41.5 Å². The Balaban J connectivity index is 0.944. The number of aromatic nitrogens is 1. The number of pyridine rings is 1. The molecule has 8 rings (SSSR count). The number of amides is 2. The van der Waals surface area contributed by atoms with Crippen molar-refractivity contribution in [2.24, 2.45) is 5.92 Å². The molecule has 8 heteroatoms. The van der Waals surface area contributed by atoms with Crippen molar-refractivity contribution in [2.45, 2.75) is 121 Å². The topological polar surface area (TPSA) is 107 Å². The quantitative estimate of drug-likeness (QED) is 0.123. The molecule has 1 aliphatic heterocycles. The van der Waals surface area contributed by atoms with E-state index in [4.69, 9.17) is 0 Å². The maximum absolute atomic E-state index is 13.7. The SMILES string of the molecule is Cc1c(NC(=O)c2cc(C3CC3)c(CNC3CCCC3)cn2)cccc1-c1cccc(NC(=O)C2C=C(C3CC3)C(CNC3CCCC3)=CN2)c1C. The van der Waals surface area contributed by atoms with Crippen molar-refractivity contribution >= 4 is 23.2 Å². The summed E-state index contributed by atoms with van der Waals surface area (Å²) >= 11 is 0. The van der Waals surface area contributed by atoms with Crippen LogP contribution in [0.25, 0.3) is 11.1 Å². The van der Waals surface area contributed by atoms with Crippen molar-refractivity contribution in [1.82, 2.24) is 20.9 Å². The maximum atomic E-state index is 13.7. The molecule has 1 unspecified atom stereocenters. The van der Waals surface area contributed by atoms with Gasteiger partial charge >= 0.3 is 0 Å². The predicted octanol–water partition coefficient (Wildman–Crippen LogP) is 8.19. The highest BCUT2D eigenvalue weighted by molar-refractivity contribution is 6.04. The van der Waals surface area contributed by atoms with Crippen LogP contribution in [0.1, 0.15) is 116 Å². The summed E-state index contributed by atoms with van der Waals surface area (Å²) < 4.78 is 0. The smallest absolute Gasteiger partial charge is 0.274 e. The van der Waals surface area contributed by atoms with Crippen molar-refractivity contribution in [1.29, 1.82) is 0 Å². The highest BCUT2D eigenvalue weighted by Gasteiger charge is 2.33. The van der Waals surface area contributed by atoms with Gasteiger partial charge in [-0.15, -0.1) is 0 Å². The number of carbonyl (C=O) groups excluding carboxylic acids is 2. The summed E-state index contributed by atoms with van der Waals surface area (Å²) in [6, 6.07) is 14.8. The van der Waals surface area contributed by atoms with Crippen molar-refractivity contribution in [2.75, 3.05) is 17.2 Å². The fourth-order valence-electron chi connectivity index (χ4n) is 8.54. The molecule has 0 spiro atoms. The monoisotopic (exact) mass is 698 g/mol. The molecule has 1 aromatic heterocycles. The second-order valence-electron chi connectivity index (χ2n) is 15.9. The Bertz CT molecular complexity index is 1880. The van der Waals surface area contributed by atoms with Crippen LogP contribution in [0, 0.1) is 19.8 Å². The minimum absolute atomic E-state index is 0.0615. The number of anilines is 2. The van der Waals surface area contributed by atoms with Gasteiger partial charge in [0.05, 0.1) is 0 Å². The Morgan fingerprint density at radius 2 is 1.35 bits per heavy atom. The Morgan fingerprint density at radius 1 is 0.750 bits per heavy atom. The second-order valence-corrected chi connectivity index (χ2v) is 15.9. The summed E-state index contributed by atoms with van der Waals surface area (Å²) in [4.78, 5) is 31.9. The molecule has 2 amide bonds. The van der Waals surface area contributed by atoms with Crippen LogP contribution < -0.4 is 26.6 Å². The molecule has 4 aliphatic carbocycles. The van der Waals surface area contributed by atoms with E-state index in [-0.39, 0.29) is 11.8 Å². The molecule has 4 saturated carbocycles. The zero-order chi connectivity index (χ0) is 35.6. The van der Waals surface area contributed by atoms with Gasteiger partial charge in [-0.1, -0.05) is 49.9 Å². The zero-order valence-electron chi connectivity index (χ0n) is 30.8. The molecular formula is C44H54N6O2. The number of benzene rings is 2. The Labute approximate surface area is 308 Å². The summed E-state index contributed by atoms with van der Waals surface area (Å²) in [5.41, 5.74) is 11.1. The number of carbonyl (C=O) groups is 2. The maximum Gasteiger partial charge on any atom is 0.274 e. The van der Waals surface area contributed by atoms with E-state index >= 15 is 0 Å². The van der Waals surface area contributed by atoms with Crippen LogP contribution in [0.2, 0.25) is 0 Å². The predicted molar refractivity (Wildman–Crippen MR) is 209 cm³/mol.